The second-order valence-electron chi connectivity index (χ2n) is 4.86. The lowest BCUT2D eigenvalue weighted by Crippen LogP contribution is -2.54. The van der Waals surface area contributed by atoms with Crippen LogP contribution >= 0.6 is 0 Å². The van der Waals surface area contributed by atoms with Crippen molar-refractivity contribution >= 4 is 5.97 Å². The third-order valence-electron chi connectivity index (χ3n) is 3.18. The number of hydrogen-bond donors (Lipinski definition) is 1. The number of rotatable bonds is 5. The lowest BCUT2D eigenvalue weighted by Gasteiger charge is -2.31. The van der Waals surface area contributed by atoms with Crippen LogP contribution in [0.1, 0.15) is 35.4 Å². The largest absolute Gasteiger partial charge is 0.462 e. The van der Waals surface area contributed by atoms with Gasteiger partial charge in [-0.15, -0.1) is 0 Å². The van der Waals surface area contributed by atoms with Gasteiger partial charge in [-0.2, -0.15) is 26.3 Å². The minimum Gasteiger partial charge on any atom is -0.462 e. The van der Waals surface area contributed by atoms with Crippen LogP contribution in [-0.4, -0.2) is 35.7 Å². The smallest absolute Gasteiger partial charge is 0.431 e. The average molecular weight is 362 g/mol. The topological polar surface area (TPSA) is 46.5 Å². The van der Waals surface area contributed by atoms with E-state index < -0.39 is 42.1 Å². The molecule has 0 saturated heterocycles. The van der Waals surface area contributed by atoms with Crippen molar-refractivity contribution in [1.82, 2.24) is 0 Å². The standard InChI is InChI=1S/C14H13F7O3/c1-2-24-11(23)9-5-3-8(4-6-9)10(22)7-12(15,13(16,17)18)14(19,20)21/h3-6,10,22H,2,7H2,1H3. The lowest BCUT2D eigenvalue weighted by atomic mass is 9.92. The van der Waals surface area contributed by atoms with E-state index in [4.69, 9.17) is 0 Å². The maximum atomic E-state index is 13.6. The van der Waals surface area contributed by atoms with Crippen LogP contribution in [0.2, 0.25) is 0 Å². The first kappa shape index (κ1) is 20.2. The number of carbonyl (C=O) groups is 1. The monoisotopic (exact) mass is 362 g/mol. The molecule has 1 aromatic carbocycles. The van der Waals surface area contributed by atoms with Gasteiger partial charge in [0.25, 0.3) is 0 Å². The molecule has 3 nitrogen and oxygen atoms in total. The molecule has 1 N–H and O–H groups in total. The zero-order valence-electron chi connectivity index (χ0n) is 12.2. The van der Waals surface area contributed by atoms with Gasteiger partial charge in [0.2, 0.25) is 0 Å². The van der Waals surface area contributed by atoms with Gasteiger partial charge in [-0.3, -0.25) is 0 Å². The van der Waals surface area contributed by atoms with Crippen LogP contribution in [0, 0.1) is 0 Å². The van der Waals surface area contributed by atoms with Gasteiger partial charge < -0.3 is 9.84 Å². The summed E-state index contributed by atoms with van der Waals surface area (Å²) in [5.74, 6) is -0.760. The van der Waals surface area contributed by atoms with Gasteiger partial charge in [-0.1, -0.05) is 12.1 Å². The molecule has 1 atom stereocenters. The highest BCUT2D eigenvalue weighted by molar-refractivity contribution is 5.89. The zero-order chi connectivity index (χ0) is 18.8. The molecule has 0 heterocycles. The second-order valence-corrected chi connectivity index (χ2v) is 4.86. The highest BCUT2D eigenvalue weighted by atomic mass is 19.4. The summed E-state index contributed by atoms with van der Waals surface area (Å²) < 4.78 is 93.0. The first-order valence-corrected chi connectivity index (χ1v) is 6.61. The van der Waals surface area contributed by atoms with E-state index >= 15 is 0 Å². The minimum atomic E-state index is -6.24. The van der Waals surface area contributed by atoms with Crippen molar-refractivity contribution in [2.45, 2.75) is 37.5 Å². The van der Waals surface area contributed by atoms with Gasteiger partial charge in [0.05, 0.1) is 18.3 Å². The SMILES string of the molecule is CCOC(=O)c1ccc(C(O)CC(F)(C(F)(F)F)C(F)(F)F)cc1. The normalized spacial score (nSPS) is 14.4. The van der Waals surface area contributed by atoms with E-state index in [1.165, 1.54) is 6.92 Å². The molecule has 136 valence electrons. The molecule has 0 aliphatic carbocycles. The molecule has 1 unspecified atom stereocenters. The first-order valence-electron chi connectivity index (χ1n) is 6.61. The predicted molar refractivity (Wildman–Crippen MR) is 67.9 cm³/mol. The fourth-order valence-corrected chi connectivity index (χ4v) is 1.83. The highest BCUT2D eigenvalue weighted by Gasteiger charge is 2.72. The Labute approximate surface area is 132 Å². The molecule has 0 aliphatic heterocycles. The molecule has 0 amide bonds. The number of aliphatic hydroxyl groups is 1. The van der Waals surface area contributed by atoms with Crippen molar-refractivity contribution < 1.29 is 45.4 Å². The molecule has 1 rings (SSSR count). The Kier molecular flexibility index (Phi) is 5.86. The van der Waals surface area contributed by atoms with E-state index in [1.807, 2.05) is 0 Å². The second kappa shape index (κ2) is 6.96. The van der Waals surface area contributed by atoms with Crippen molar-refractivity contribution in [3.05, 3.63) is 35.4 Å². The summed E-state index contributed by atoms with van der Waals surface area (Å²) in [4.78, 5) is 11.4. The van der Waals surface area contributed by atoms with Crippen molar-refractivity contribution in [2.75, 3.05) is 6.61 Å². The van der Waals surface area contributed by atoms with E-state index in [0.717, 1.165) is 24.3 Å². The Morgan fingerprint density at radius 2 is 1.50 bits per heavy atom. The van der Waals surface area contributed by atoms with E-state index in [-0.39, 0.29) is 12.2 Å². The maximum absolute atomic E-state index is 13.6. The van der Waals surface area contributed by atoms with Crippen LogP contribution in [0.5, 0.6) is 0 Å². The number of aliphatic hydroxyl groups excluding tert-OH is 1. The van der Waals surface area contributed by atoms with Gasteiger partial charge in [-0.05, 0) is 24.6 Å². The number of esters is 1. The summed E-state index contributed by atoms with van der Waals surface area (Å²) in [6, 6.07) is 3.92. The number of alkyl halides is 7. The van der Waals surface area contributed by atoms with Gasteiger partial charge in [0.15, 0.2) is 0 Å². The van der Waals surface area contributed by atoms with Crippen molar-refractivity contribution in [2.24, 2.45) is 0 Å². The van der Waals surface area contributed by atoms with Gasteiger partial charge in [0, 0.05) is 6.42 Å². The Morgan fingerprint density at radius 1 is 1.04 bits per heavy atom. The van der Waals surface area contributed by atoms with Crippen LogP contribution in [0.3, 0.4) is 0 Å². The third-order valence-corrected chi connectivity index (χ3v) is 3.18. The van der Waals surface area contributed by atoms with Crippen LogP contribution in [0.15, 0.2) is 24.3 Å². The molecular weight excluding hydrogens is 349 g/mol. The quantitative estimate of drug-likeness (QED) is 0.633. The molecular formula is C14H13F7O3. The third kappa shape index (κ3) is 4.16. The number of ether oxygens (including phenoxy) is 1. The number of halogens is 7. The summed E-state index contributed by atoms with van der Waals surface area (Å²) in [6.07, 6.45) is -17.1. The van der Waals surface area contributed by atoms with E-state index in [1.54, 1.807) is 0 Å². The lowest BCUT2D eigenvalue weighted by molar-refractivity contribution is -0.347. The van der Waals surface area contributed by atoms with E-state index in [2.05, 4.69) is 4.74 Å². The summed E-state index contributed by atoms with van der Waals surface area (Å²) >= 11 is 0. The summed E-state index contributed by atoms with van der Waals surface area (Å²) in [6.45, 7) is 1.59. The molecule has 0 spiro atoms. The average Bonchev–Trinajstić information content (AvgIpc) is 2.45. The maximum Gasteiger partial charge on any atom is 0.431 e. The molecule has 1 aromatic rings. The molecule has 0 aromatic heterocycles. The molecule has 0 bridgehead atoms. The number of benzene rings is 1. The van der Waals surface area contributed by atoms with E-state index in [9.17, 15) is 40.6 Å². The molecule has 0 radical (unpaired) electrons. The van der Waals surface area contributed by atoms with Crippen molar-refractivity contribution in [1.29, 1.82) is 0 Å². The number of carbonyl (C=O) groups excluding carboxylic acids is 1. The summed E-state index contributed by atoms with van der Waals surface area (Å²) in [5.41, 5.74) is -5.98. The van der Waals surface area contributed by atoms with Crippen molar-refractivity contribution in [3.63, 3.8) is 0 Å². The first-order chi connectivity index (χ1) is 10.8. The Balaban J connectivity index is 3.01. The minimum absolute atomic E-state index is 0.0223. The molecule has 0 aliphatic rings. The Morgan fingerprint density at radius 3 is 1.88 bits per heavy atom. The van der Waals surface area contributed by atoms with Gasteiger partial charge in [-0.25, -0.2) is 9.18 Å². The zero-order valence-corrected chi connectivity index (χ0v) is 12.2. The molecule has 24 heavy (non-hydrogen) atoms. The van der Waals surface area contributed by atoms with Crippen LogP contribution < -0.4 is 0 Å². The Hall–Kier alpha value is -1.84. The van der Waals surface area contributed by atoms with Gasteiger partial charge >= 0.3 is 24.0 Å². The molecule has 0 fully saturated rings. The fraction of sp³-hybridized carbons (Fsp3) is 0.500. The highest BCUT2D eigenvalue weighted by Crippen LogP contribution is 2.50. The fourth-order valence-electron chi connectivity index (χ4n) is 1.83. The summed E-state index contributed by atoms with van der Waals surface area (Å²) in [5, 5.41) is 9.56. The van der Waals surface area contributed by atoms with Crippen LogP contribution in [0.25, 0.3) is 0 Å². The predicted octanol–water partition coefficient (Wildman–Crippen LogP) is 4.12. The summed E-state index contributed by atoms with van der Waals surface area (Å²) in [7, 11) is 0. The van der Waals surface area contributed by atoms with Gasteiger partial charge in [0.1, 0.15) is 0 Å². The van der Waals surface area contributed by atoms with Crippen LogP contribution in [0.4, 0.5) is 30.7 Å². The molecule has 0 saturated carbocycles. The van der Waals surface area contributed by atoms with Crippen molar-refractivity contribution in [3.8, 4) is 0 Å². The van der Waals surface area contributed by atoms with E-state index in [0.29, 0.717) is 0 Å². The van der Waals surface area contributed by atoms with Crippen LogP contribution in [-0.2, 0) is 4.74 Å². The Bertz CT molecular complexity index is 549. The number of hydrogen-bond acceptors (Lipinski definition) is 3. The molecule has 10 heteroatoms.